The fourth-order valence-corrected chi connectivity index (χ4v) is 2.54. The molecule has 0 saturated heterocycles. The number of hydrogen-bond donors (Lipinski definition) is 1. The number of carbonyl (C=O) groups is 1. The van der Waals surface area contributed by atoms with Crippen molar-refractivity contribution in [3.05, 3.63) is 30.1 Å². The quantitative estimate of drug-likeness (QED) is 0.793. The van der Waals surface area contributed by atoms with Crippen molar-refractivity contribution in [1.29, 1.82) is 0 Å². The van der Waals surface area contributed by atoms with Gasteiger partial charge in [0, 0.05) is 0 Å². The highest BCUT2D eigenvalue weighted by molar-refractivity contribution is 7.89. The van der Waals surface area contributed by atoms with Gasteiger partial charge in [0.2, 0.25) is 10.0 Å². The Morgan fingerprint density at radius 1 is 1.39 bits per heavy atom. The second kappa shape index (κ2) is 5.62. The Morgan fingerprint density at radius 3 is 2.39 bits per heavy atom. The van der Waals surface area contributed by atoms with E-state index < -0.39 is 28.4 Å². The largest absolute Gasteiger partial charge is 0.480 e. The normalized spacial score (nSPS) is 11.2. The molecule has 5 nitrogen and oxygen atoms in total. The molecule has 0 bridgehead atoms. The third-order valence-electron chi connectivity index (χ3n) is 2.03. The van der Waals surface area contributed by atoms with Crippen molar-refractivity contribution >= 4 is 16.0 Å². The zero-order valence-electron chi connectivity index (χ0n) is 9.21. The fourth-order valence-electron chi connectivity index (χ4n) is 1.23. The molecule has 0 aliphatic carbocycles. The van der Waals surface area contributed by atoms with Crippen molar-refractivity contribution in [3.63, 3.8) is 0 Å². The minimum atomic E-state index is -4.03. The first-order valence-corrected chi connectivity index (χ1v) is 6.23. The number of benzene rings is 1. The van der Waals surface area contributed by atoms with Gasteiger partial charge < -0.3 is 5.11 Å². The molecule has 0 aliphatic heterocycles. The van der Waals surface area contributed by atoms with Crippen LogP contribution in [-0.2, 0) is 14.8 Å². The van der Waals surface area contributed by atoms with Crippen LogP contribution in [0.4, 0.5) is 4.39 Å². The minimum absolute atomic E-state index is 0.208. The second-order valence-electron chi connectivity index (χ2n) is 3.32. The number of aliphatic carboxylic acids is 1. The summed E-state index contributed by atoms with van der Waals surface area (Å²) >= 11 is 0. The van der Waals surface area contributed by atoms with Gasteiger partial charge in [-0.05, 0) is 24.3 Å². The molecule has 0 unspecified atom stereocenters. The maximum Gasteiger partial charge on any atom is 0.318 e. The summed E-state index contributed by atoms with van der Waals surface area (Å²) in [6.07, 6.45) is 4.99. The number of rotatable bonds is 5. The summed E-state index contributed by atoms with van der Waals surface area (Å²) in [7, 11) is -4.03. The highest BCUT2D eigenvalue weighted by atomic mass is 32.2. The molecule has 0 amide bonds. The van der Waals surface area contributed by atoms with E-state index in [0.29, 0.717) is 4.31 Å². The van der Waals surface area contributed by atoms with Crippen molar-refractivity contribution < 1.29 is 22.7 Å². The lowest BCUT2D eigenvalue weighted by atomic mass is 10.4. The van der Waals surface area contributed by atoms with Crippen LogP contribution in [0.25, 0.3) is 0 Å². The van der Waals surface area contributed by atoms with Crippen molar-refractivity contribution in [2.75, 3.05) is 13.1 Å². The average molecular weight is 271 g/mol. The third-order valence-corrected chi connectivity index (χ3v) is 3.84. The van der Waals surface area contributed by atoms with Crippen LogP contribution in [0, 0.1) is 18.2 Å². The van der Waals surface area contributed by atoms with Gasteiger partial charge in [0.25, 0.3) is 0 Å². The van der Waals surface area contributed by atoms with E-state index in [1.54, 1.807) is 0 Å². The van der Waals surface area contributed by atoms with Gasteiger partial charge in [0.1, 0.15) is 12.4 Å². The van der Waals surface area contributed by atoms with Crippen LogP contribution in [0.5, 0.6) is 0 Å². The van der Waals surface area contributed by atoms with Crippen LogP contribution in [0.2, 0.25) is 0 Å². The topological polar surface area (TPSA) is 74.7 Å². The monoisotopic (exact) mass is 271 g/mol. The van der Waals surface area contributed by atoms with E-state index in [2.05, 4.69) is 5.92 Å². The van der Waals surface area contributed by atoms with E-state index in [-0.39, 0.29) is 11.4 Å². The van der Waals surface area contributed by atoms with Crippen LogP contribution in [0.1, 0.15) is 0 Å². The molecule has 0 atom stereocenters. The summed E-state index contributed by atoms with van der Waals surface area (Å²) < 4.78 is 37.4. The number of hydrogen-bond acceptors (Lipinski definition) is 3. The average Bonchev–Trinajstić information content (AvgIpc) is 2.28. The smallest absolute Gasteiger partial charge is 0.318 e. The van der Waals surface area contributed by atoms with Crippen LogP contribution in [0.15, 0.2) is 29.2 Å². The summed E-state index contributed by atoms with van der Waals surface area (Å²) in [4.78, 5) is 10.4. The molecule has 96 valence electrons. The Balaban J connectivity index is 3.13. The maximum atomic E-state index is 12.7. The van der Waals surface area contributed by atoms with Gasteiger partial charge in [-0.15, -0.1) is 6.42 Å². The van der Waals surface area contributed by atoms with Crippen LogP contribution < -0.4 is 0 Å². The molecule has 7 heteroatoms. The van der Waals surface area contributed by atoms with Crippen molar-refractivity contribution in [2.24, 2.45) is 0 Å². The summed E-state index contributed by atoms with van der Waals surface area (Å²) in [5.41, 5.74) is 0. The Labute approximate surface area is 104 Å². The molecule has 0 fully saturated rings. The van der Waals surface area contributed by atoms with E-state index in [1.807, 2.05) is 0 Å². The zero-order chi connectivity index (χ0) is 13.8. The van der Waals surface area contributed by atoms with E-state index in [1.165, 1.54) is 0 Å². The molecule has 1 aromatic carbocycles. The highest BCUT2D eigenvalue weighted by Gasteiger charge is 2.25. The summed E-state index contributed by atoms with van der Waals surface area (Å²) in [5, 5.41) is 8.63. The molecule has 0 aromatic heterocycles. The van der Waals surface area contributed by atoms with Gasteiger partial charge in [-0.1, -0.05) is 5.92 Å². The lowest BCUT2D eigenvalue weighted by molar-refractivity contribution is -0.137. The summed E-state index contributed by atoms with van der Waals surface area (Å²) in [6.45, 7) is -1.12. The number of sulfonamides is 1. The Hall–Kier alpha value is -1.91. The van der Waals surface area contributed by atoms with E-state index in [9.17, 15) is 17.6 Å². The molecule has 1 aromatic rings. The van der Waals surface area contributed by atoms with Gasteiger partial charge in [0.05, 0.1) is 11.4 Å². The molecule has 0 spiro atoms. The van der Waals surface area contributed by atoms with E-state index in [0.717, 1.165) is 24.3 Å². The predicted octanol–water partition coefficient (Wildman–Crippen LogP) is 0.534. The molecular formula is C11H10FNO4S. The lowest BCUT2D eigenvalue weighted by Gasteiger charge is -2.17. The molecule has 0 saturated carbocycles. The molecule has 18 heavy (non-hydrogen) atoms. The number of carboxylic acid groups (broad SMARTS) is 1. The van der Waals surface area contributed by atoms with Crippen LogP contribution in [-0.4, -0.2) is 36.9 Å². The van der Waals surface area contributed by atoms with Crippen molar-refractivity contribution in [3.8, 4) is 12.3 Å². The minimum Gasteiger partial charge on any atom is -0.480 e. The standard InChI is InChI=1S/C11H10FNO4S/c1-2-7-13(8-11(14)15)18(16,17)10-5-3-9(12)4-6-10/h1,3-6H,7-8H2,(H,14,15). The first-order chi connectivity index (χ1) is 8.37. The molecule has 0 heterocycles. The predicted molar refractivity (Wildman–Crippen MR) is 61.6 cm³/mol. The SMILES string of the molecule is C#CCN(CC(=O)O)S(=O)(=O)c1ccc(F)cc1. The number of carboxylic acids is 1. The summed E-state index contributed by atoms with van der Waals surface area (Å²) in [5.74, 6) is 0.159. The van der Waals surface area contributed by atoms with Crippen LogP contribution in [0.3, 0.4) is 0 Å². The molecule has 1 rings (SSSR count). The van der Waals surface area contributed by atoms with Crippen molar-refractivity contribution in [1.82, 2.24) is 4.31 Å². The first-order valence-electron chi connectivity index (χ1n) is 4.79. The summed E-state index contributed by atoms with van der Waals surface area (Å²) in [6, 6.07) is 4.05. The highest BCUT2D eigenvalue weighted by Crippen LogP contribution is 2.15. The van der Waals surface area contributed by atoms with E-state index in [4.69, 9.17) is 11.5 Å². The first kappa shape index (κ1) is 14.2. The molecular weight excluding hydrogens is 261 g/mol. The fraction of sp³-hybridized carbons (Fsp3) is 0.182. The van der Waals surface area contributed by atoms with Gasteiger partial charge >= 0.3 is 5.97 Å². The van der Waals surface area contributed by atoms with Crippen molar-refractivity contribution in [2.45, 2.75) is 4.90 Å². The number of halogens is 1. The van der Waals surface area contributed by atoms with Gasteiger partial charge in [-0.3, -0.25) is 4.79 Å². The Bertz CT molecular complexity index is 574. The van der Waals surface area contributed by atoms with Crippen LogP contribution >= 0.6 is 0 Å². The Kier molecular flexibility index (Phi) is 4.42. The van der Waals surface area contributed by atoms with E-state index >= 15 is 0 Å². The molecule has 0 radical (unpaired) electrons. The Morgan fingerprint density at radius 2 is 1.94 bits per heavy atom. The van der Waals surface area contributed by atoms with Gasteiger partial charge in [-0.2, -0.15) is 4.31 Å². The van der Waals surface area contributed by atoms with Gasteiger partial charge in [0.15, 0.2) is 0 Å². The maximum absolute atomic E-state index is 12.7. The second-order valence-corrected chi connectivity index (χ2v) is 5.26. The lowest BCUT2D eigenvalue weighted by Crippen LogP contribution is -2.35. The third kappa shape index (κ3) is 3.29. The number of nitrogens with zero attached hydrogens (tertiary/aromatic N) is 1. The number of terminal acetylenes is 1. The van der Waals surface area contributed by atoms with Gasteiger partial charge in [-0.25, -0.2) is 12.8 Å². The molecule has 1 N–H and O–H groups in total. The molecule has 0 aliphatic rings. The zero-order valence-corrected chi connectivity index (χ0v) is 10.0.